The Kier molecular flexibility index (Phi) is 5.56. The van der Waals surface area contributed by atoms with Crippen molar-refractivity contribution in [1.82, 2.24) is 0 Å². The van der Waals surface area contributed by atoms with E-state index in [0.29, 0.717) is 19.6 Å². The summed E-state index contributed by atoms with van der Waals surface area (Å²) in [4.78, 5) is 11.9. The van der Waals surface area contributed by atoms with Crippen molar-refractivity contribution >= 4 is 38.3 Å². The second-order valence-electron chi connectivity index (χ2n) is 4.55. The Labute approximate surface area is 127 Å². The van der Waals surface area contributed by atoms with Gasteiger partial charge >= 0.3 is 0 Å². The lowest BCUT2D eigenvalue weighted by Crippen LogP contribution is -2.14. The largest absolute Gasteiger partial charge is 0.381 e. The highest BCUT2D eigenvalue weighted by Crippen LogP contribution is 2.29. The van der Waals surface area contributed by atoms with Crippen molar-refractivity contribution in [3.8, 4) is 0 Å². The number of hydrogen-bond donors (Lipinski definition) is 1. The lowest BCUT2D eigenvalue weighted by molar-refractivity contribution is -0.117. The van der Waals surface area contributed by atoms with Gasteiger partial charge in [0, 0.05) is 22.2 Å². The molecule has 20 heavy (non-hydrogen) atoms. The van der Waals surface area contributed by atoms with E-state index in [9.17, 15) is 4.79 Å². The van der Waals surface area contributed by atoms with Gasteiger partial charge in [0.15, 0.2) is 0 Å². The average molecular weight is 336 g/mol. The molecule has 3 nitrogen and oxygen atoms in total. The van der Waals surface area contributed by atoms with Crippen LogP contribution in [0.2, 0.25) is 0 Å². The van der Waals surface area contributed by atoms with Gasteiger partial charge in [0.1, 0.15) is 0 Å². The molecule has 1 N–H and O–H groups in total. The number of carbonyl (C=O) groups excluding carboxylic acids is 1. The van der Waals surface area contributed by atoms with Crippen LogP contribution in [0.15, 0.2) is 40.9 Å². The fourth-order valence-corrected chi connectivity index (χ4v) is 2.47. The highest BCUT2D eigenvalue weighted by atomic mass is 79.9. The first kappa shape index (κ1) is 15.0. The molecule has 0 atom stereocenters. The number of rotatable bonds is 6. The van der Waals surface area contributed by atoms with E-state index in [1.165, 1.54) is 0 Å². The molecule has 2 aromatic rings. The number of halogens is 1. The zero-order valence-corrected chi connectivity index (χ0v) is 13.1. The van der Waals surface area contributed by atoms with E-state index in [0.717, 1.165) is 27.4 Å². The number of hydrogen-bond acceptors (Lipinski definition) is 2. The topological polar surface area (TPSA) is 38.3 Å². The van der Waals surface area contributed by atoms with Crippen molar-refractivity contribution in [2.24, 2.45) is 0 Å². The Morgan fingerprint density at radius 2 is 1.90 bits per heavy atom. The monoisotopic (exact) mass is 335 g/mol. The average Bonchev–Trinajstić information content (AvgIpc) is 2.47. The Hall–Kier alpha value is -1.39. The third kappa shape index (κ3) is 3.81. The molecule has 0 saturated heterocycles. The summed E-state index contributed by atoms with van der Waals surface area (Å²) in [6, 6.07) is 11.8. The molecular formula is C16H18BrNO2. The van der Waals surface area contributed by atoms with Crippen LogP contribution >= 0.6 is 15.9 Å². The van der Waals surface area contributed by atoms with Crippen molar-refractivity contribution in [3.63, 3.8) is 0 Å². The number of benzene rings is 2. The molecule has 2 aromatic carbocycles. The van der Waals surface area contributed by atoms with Crippen molar-refractivity contribution in [2.75, 3.05) is 18.5 Å². The van der Waals surface area contributed by atoms with Gasteiger partial charge in [-0.25, -0.2) is 0 Å². The molecule has 4 heteroatoms. The van der Waals surface area contributed by atoms with Gasteiger partial charge in [0.25, 0.3) is 0 Å². The van der Waals surface area contributed by atoms with Gasteiger partial charge in [0.05, 0.1) is 13.0 Å². The first-order valence-corrected chi connectivity index (χ1v) is 7.56. The van der Waals surface area contributed by atoms with Crippen LogP contribution in [-0.2, 0) is 9.53 Å². The van der Waals surface area contributed by atoms with E-state index in [-0.39, 0.29) is 5.91 Å². The van der Waals surface area contributed by atoms with Crippen LogP contribution in [0.5, 0.6) is 0 Å². The molecular weight excluding hydrogens is 318 g/mol. The minimum atomic E-state index is -0.0198. The second kappa shape index (κ2) is 7.41. The zero-order chi connectivity index (χ0) is 14.4. The van der Waals surface area contributed by atoms with Crippen LogP contribution in [0, 0.1) is 0 Å². The number of carbonyl (C=O) groups is 1. The maximum atomic E-state index is 11.9. The van der Waals surface area contributed by atoms with Gasteiger partial charge in [-0.1, -0.05) is 47.1 Å². The van der Waals surface area contributed by atoms with Gasteiger partial charge < -0.3 is 10.1 Å². The molecule has 2 rings (SSSR count). The van der Waals surface area contributed by atoms with E-state index in [2.05, 4.69) is 21.2 Å². The van der Waals surface area contributed by atoms with Gasteiger partial charge in [-0.3, -0.25) is 4.79 Å². The smallest absolute Gasteiger partial charge is 0.226 e. The molecule has 0 saturated carbocycles. The predicted octanol–water partition coefficient (Wildman–Crippen LogP) is 4.36. The zero-order valence-electron chi connectivity index (χ0n) is 11.5. The normalized spacial score (nSPS) is 10.7. The van der Waals surface area contributed by atoms with Crippen LogP contribution < -0.4 is 5.32 Å². The van der Waals surface area contributed by atoms with E-state index in [1.54, 1.807) is 0 Å². The minimum absolute atomic E-state index is 0.0198. The van der Waals surface area contributed by atoms with Gasteiger partial charge in [-0.15, -0.1) is 0 Å². The molecule has 0 heterocycles. The van der Waals surface area contributed by atoms with Crippen LogP contribution in [-0.4, -0.2) is 19.1 Å². The van der Waals surface area contributed by atoms with Crippen molar-refractivity contribution in [3.05, 3.63) is 40.9 Å². The highest BCUT2D eigenvalue weighted by molar-refractivity contribution is 9.10. The van der Waals surface area contributed by atoms with Crippen LogP contribution in [0.25, 0.3) is 10.8 Å². The molecule has 0 aliphatic carbocycles. The quantitative estimate of drug-likeness (QED) is 0.796. The van der Waals surface area contributed by atoms with Crippen molar-refractivity contribution < 1.29 is 9.53 Å². The molecule has 0 spiro atoms. The second-order valence-corrected chi connectivity index (χ2v) is 5.41. The number of amides is 1. The highest BCUT2D eigenvalue weighted by Gasteiger charge is 2.07. The molecule has 0 aliphatic rings. The summed E-state index contributed by atoms with van der Waals surface area (Å²) in [6.07, 6.45) is 1.35. The molecule has 0 aromatic heterocycles. The van der Waals surface area contributed by atoms with Crippen LogP contribution in [0.3, 0.4) is 0 Å². The summed E-state index contributed by atoms with van der Waals surface area (Å²) in [5.74, 6) is -0.0198. The van der Waals surface area contributed by atoms with Gasteiger partial charge in [-0.2, -0.15) is 0 Å². The standard InChI is InChI=1S/C16H18BrNO2/c1-2-10-20-11-9-16(19)18-15-8-7-14(17)12-5-3-4-6-13(12)15/h3-8H,2,9-11H2,1H3,(H,18,19). The number of nitrogens with one attached hydrogen (secondary N) is 1. The van der Waals surface area contributed by atoms with E-state index >= 15 is 0 Å². The lowest BCUT2D eigenvalue weighted by atomic mass is 10.1. The first-order chi connectivity index (χ1) is 9.72. The maximum absolute atomic E-state index is 11.9. The first-order valence-electron chi connectivity index (χ1n) is 6.77. The van der Waals surface area contributed by atoms with E-state index < -0.39 is 0 Å². The predicted molar refractivity (Wildman–Crippen MR) is 86.0 cm³/mol. The van der Waals surface area contributed by atoms with Gasteiger partial charge in [0.2, 0.25) is 5.91 Å². The maximum Gasteiger partial charge on any atom is 0.226 e. The Morgan fingerprint density at radius 1 is 1.15 bits per heavy atom. The van der Waals surface area contributed by atoms with Crippen molar-refractivity contribution in [1.29, 1.82) is 0 Å². The Morgan fingerprint density at radius 3 is 2.65 bits per heavy atom. The Bertz CT molecular complexity index is 598. The Balaban J connectivity index is 2.06. The molecule has 0 radical (unpaired) electrons. The molecule has 0 unspecified atom stereocenters. The fourth-order valence-electron chi connectivity index (χ4n) is 2.00. The minimum Gasteiger partial charge on any atom is -0.381 e. The molecule has 106 valence electrons. The summed E-state index contributed by atoms with van der Waals surface area (Å²) in [7, 11) is 0. The van der Waals surface area contributed by atoms with Gasteiger partial charge in [-0.05, 0) is 23.9 Å². The molecule has 0 fully saturated rings. The summed E-state index contributed by atoms with van der Waals surface area (Å²) >= 11 is 3.52. The van der Waals surface area contributed by atoms with Crippen LogP contribution in [0.1, 0.15) is 19.8 Å². The third-order valence-corrected chi connectivity index (χ3v) is 3.66. The van der Waals surface area contributed by atoms with Crippen molar-refractivity contribution in [2.45, 2.75) is 19.8 Å². The molecule has 0 bridgehead atoms. The fraction of sp³-hybridized carbons (Fsp3) is 0.312. The molecule has 0 aliphatic heterocycles. The summed E-state index contributed by atoms with van der Waals surface area (Å²) in [5.41, 5.74) is 0.837. The summed E-state index contributed by atoms with van der Waals surface area (Å²) in [6.45, 7) is 3.22. The third-order valence-electron chi connectivity index (χ3n) is 2.97. The molecule has 1 amide bonds. The number of fused-ring (bicyclic) bond motifs is 1. The lowest BCUT2D eigenvalue weighted by Gasteiger charge is -2.10. The summed E-state index contributed by atoms with van der Waals surface area (Å²) < 4.78 is 6.35. The van der Waals surface area contributed by atoms with E-state index in [4.69, 9.17) is 4.74 Å². The number of ether oxygens (including phenoxy) is 1. The number of anilines is 1. The van der Waals surface area contributed by atoms with E-state index in [1.807, 2.05) is 43.3 Å². The summed E-state index contributed by atoms with van der Waals surface area (Å²) in [5, 5.41) is 5.07. The SMILES string of the molecule is CCCOCCC(=O)Nc1ccc(Br)c2ccccc12. The van der Waals surface area contributed by atoms with Crippen LogP contribution in [0.4, 0.5) is 5.69 Å².